The van der Waals surface area contributed by atoms with Gasteiger partial charge in [0.1, 0.15) is 10.1 Å². The second kappa shape index (κ2) is 8.94. The molecule has 0 unspecified atom stereocenters. The standard InChI is InChI=1S/C17H20ClFN2OS2/c1-3-20(4-2)9-6-10-21-16(22)15(24-17(21)23)11-12-13(18)7-5-8-14(12)19/h5,7-8,11H,3-4,6,9-10H2,1-2H3/b15-11-. The Labute approximate surface area is 156 Å². The Bertz CT molecular complexity index is 642. The molecule has 1 heterocycles. The summed E-state index contributed by atoms with van der Waals surface area (Å²) in [6.07, 6.45) is 2.34. The molecule has 1 amide bonds. The third-order valence-electron chi connectivity index (χ3n) is 3.90. The molecule has 0 aromatic heterocycles. The predicted molar refractivity (Wildman–Crippen MR) is 104 cm³/mol. The Morgan fingerprint density at radius 1 is 1.38 bits per heavy atom. The van der Waals surface area contributed by atoms with E-state index in [4.69, 9.17) is 23.8 Å². The Morgan fingerprint density at radius 3 is 2.71 bits per heavy atom. The lowest BCUT2D eigenvalue weighted by Crippen LogP contribution is -2.32. The number of carbonyl (C=O) groups is 1. The van der Waals surface area contributed by atoms with Crippen molar-refractivity contribution >= 4 is 51.9 Å². The van der Waals surface area contributed by atoms with Crippen molar-refractivity contribution in [1.29, 1.82) is 0 Å². The molecule has 7 heteroatoms. The fourth-order valence-corrected chi connectivity index (χ4v) is 3.97. The van der Waals surface area contributed by atoms with Gasteiger partial charge in [0.05, 0.1) is 9.93 Å². The van der Waals surface area contributed by atoms with Crippen LogP contribution < -0.4 is 0 Å². The first-order valence-electron chi connectivity index (χ1n) is 7.89. The number of benzene rings is 1. The van der Waals surface area contributed by atoms with Crippen LogP contribution in [0.4, 0.5) is 4.39 Å². The quantitative estimate of drug-likeness (QED) is 0.511. The van der Waals surface area contributed by atoms with Crippen molar-refractivity contribution in [3.8, 4) is 0 Å². The molecule has 0 aliphatic carbocycles. The molecule has 0 spiro atoms. The fourth-order valence-electron chi connectivity index (χ4n) is 2.46. The predicted octanol–water partition coefficient (Wildman–Crippen LogP) is 4.41. The van der Waals surface area contributed by atoms with E-state index >= 15 is 0 Å². The smallest absolute Gasteiger partial charge is 0.266 e. The molecule has 1 aliphatic rings. The Morgan fingerprint density at radius 2 is 2.08 bits per heavy atom. The molecule has 1 fully saturated rings. The summed E-state index contributed by atoms with van der Waals surface area (Å²) < 4.78 is 14.4. The van der Waals surface area contributed by atoms with Crippen LogP contribution in [0.1, 0.15) is 25.8 Å². The van der Waals surface area contributed by atoms with Crippen molar-refractivity contribution in [2.75, 3.05) is 26.2 Å². The minimum atomic E-state index is -0.450. The van der Waals surface area contributed by atoms with Crippen molar-refractivity contribution in [1.82, 2.24) is 9.80 Å². The highest BCUT2D eigenvalue weighted by Crippen LogP contribution is 2.34. The first kappa shape index (κ1) is 19.4. The van der Waals surface area contributed by atoms with Gasteiger partial charge in [0.25, 0.3) is 5.91 Å². The highest BCUT2D eigenvalue weighted by molar-refractivity contribution is 8.26. The summed E-state index contributed by atoms with van der Waals surface area (Å²) in [6.45, 7) is 7.70. The Hall–Kier alpha value is -0.950. The van der Waals surface area contributed by atoms with E-state index in [1.807, 2.05) is 0 Å². The van der Waals surface area contributed by atoms with Crippen LogP contribution in [0.3, 0.4) is 0 Å². The van der Waals surface area contributed by atoms with Gasteiger partial charge in [0.2, 0.25) is 0 Å². The van der Waals surface area contributed by atoms with Crippen LogP contribution in [-0.4, -0.2) is 46.2 Å². The number of carbonyl (C=O) groups excluding carboxylic acids is 1. The Balaban J connectivity index is 2.07. The highest BCUT2D eigenvalue weighted by atomic mass is 35.5. The summed E-state index contributed by atoms with van der Waals surface area (Å²) >= 11 is 12.5. The number of rotatable bonds is 7. The van der Waals surface area contributed by atoms with E-state index in [9.17, 15) is 9.18 Å². The summed E-state index contributed by atoms with van der Waals surface area (Å²) in [5.74, 6) is -0.627. The molecule has 0 saturated carbocycles. The molecule has 130 valence electrons. The van der Waals surface area contributed by atoms with Crippen LogP contribution >= 0.6 is 35.6 Å². The van der Waals surface area contributed by atoms with Gasteiger partial charge in [0, 0.05) is 12.1 Å². The number of thiocarbonyl (C=S) groups is 1. The maximum Gasteiger partial charge on any atom is 0.266 e. The zero-order valence-corrected chi connectivity index (χ0v) is 16.1. The van der Waals surface area contributed by atoms with Gasteiger partial charge in [-0.25, -0.2) is 4.39 Å². The number of nitrogens with zero attached hydrogens (tertiary/aromatic N) is 2. The maximum atomic E-state index is 13.9. The topological polar surface area (TPSA) is 23.6 Å². The molecule has 0 radical (unpaired) electrons. The number of amides is 1. The van der Waals surface area contributed by atoms with Crippen molar-refractivity contribution in [3.63, 3.8) is 0 Å². The molecule has 1 aromatic carbocycles. The van der Waals surface area contributed by atoms with Gasteiger partial charge in [-0.15, -0.1) is 0 Å². The zero-order chi connectivity index (χ0) is 17.7. The third kappa shape index (κ3) is 4.57. The zero-order valence-electron chi connectivity index (χ0n) is 13.7. The molecular formula is C17H20ClFN2OS2. The van der Waals surface area contributed by atoms with Crippen LogP contribution in [0, 0.1) is 5.82 Å². The molecule has 24 heavy (non-hydrogen) atoms. The first-order chi connectivity index (χ1) is 11.5. The normalized spacial score (nSPS) is 16.7. The van der Waals surface area contributed by atoms with Crippen molar-refractivity contribution in [3.05, 3.63) is 39.5 Å². The van der Waals surface area contributed by atoms with Crippen LogP contribution in [-0.2, 0) is 4.79 Å². The fraction of sp³-hybridized carbons (Fsp3) is 0.412. The van der Waals surface area contributed by atoms with Gasteiger partial charge in [0.15, 0.2) is 0 Å². The van der Waals surface area contributed by atoms with Crippen LogP contribution in [0.5, 0.6) is 0 Å². The second-order valence-electron chi connectivity index (χ2n) is 5.35. The van der Waals surface area contributed by atoms with E-state index in [2.05, 4.69) is 18.7 Å². The van der Waals surface area contributed by atoms with Gasteiger partial charge < -0.3 is 4.90 Å². The summed E-state index contributed by atoms with van der Waals surface area (Å²) in [5.41, 5.74) is 0.225. The number of hydrogen-bond donors (Lipinski definition) is 0. The van der Waals surface area contributed by atoms with Gasteiger partial charge in [-0.1, -0.05) is 55.5 Å². The molecule has 3 nitrogen and oxygen atoms in total. The molecule has 0 bridgehead atoms. The molecule has 1 aliphatic heterocycles. The summed E-state index contributed by atoms with van der Waals surface area (Å²) in [7, 11) is 0. The lowest BCUT2D eigenvalue weighted by atomic mass is 10.2. The van der Waals surface area contributed by atoms with E-state index in [1.165, 1.54) is 30.0 Å². The van der Waals surface area contributed by atoms with Gasteiger partial charge >= 0.3 is 0 Å². The largest absolute Gasteiger partial charge is 0.304 e. The maximum absolute atomic E-state index is 13.9. The van der Waals surface area contributed by atoms with Gasteiger partial charge in [-0.3, -0.25) is 9.69 Å². The average molecular weight is 387 g/mol. The monoisotopic (exact) mass is 386 g/mol. The van der Waals surface area contributed by atoms with E-state index in [1.54, 1.807) is 11.0 Å². The second-order valence-corrected chi connectivity index (χ2v) is 7.43. The van der Waals surface area contributed by atoms with E-state index in [0.29, 0.717) is 15.8 Å². The van der Waals surface area contributed by atoms with Crippen LogP contribution in [0.15, 0.2) is 23.1 Å². The first-order valence-corrected chi connectivity index (χ1v) is 9.49. The van der Waals surface area contributed by atoms with Crippen LogP contribution in [0.2, 0.25) is 5.02 Å². The third-order valence-corrected chi connectivity index (χ3v) is 5.61. The minimum absolute atomic E-state index is 0.177. The lowest BCUT2D eigenvalue weighted by molar-refractivity contribution is -0.122. The summed E-state index contributed by atoms with van der Waals surface area (Å²) in [4.78, 5) is 16.8. The highest BCUT2D eigenvalue weighted by Gasteiger charge is 2.32. The van der Waals surface area contributed by atoms with E-state index < -0.39 is 5.82 Å². The molecular weight excluding hydrogens is 367 g/mol. The number of hydrogen-bond acceptors (Lipinski definition) is 4. The van der Waals surface area contributed by atoms with Crippen molar-refractivity contribution < 1.29 is 9.18 Å². The summed E-state index contributed by atoms with van der Waals surface area (Å²) in [6, 6.07) is 4.46. The average Bonchev–Trinajstić information content (AvgIpc) is 2.82. The van der Waals surface area contributed by atoms with E-state index in [0.717, 1.165) is 26.1 Å². The summed E-state index contributed by atoms with van der Waals surface area (Å²) in [5, 5.41) is 0.279. The minimum Gasteiger partial charge on any atom is -0.304 e. The van der Waals surface area contributed by atoms with Gasteiger partial charge in [-0.05, 0) is 44.3 Å². The van der Waals surface area contributed by atoms with Crippen molar-refractivity contribution in [2.45, 2.75) is 20.3 Å². The molecule has 0 atom stereocenters. The SMILES string of the molecule is CCN(CC)CCCN1C(=O)/C(=C/c2c(F)cccc2Cl)SC1=S. The lowest BCUT2D eigenvalue weighted by Gasteiger charge is -2.20. The van der Waals surface area contributed by atoms with Crippen molar-refractivity contribution in [2.24, 2.45) is 0 Å². The number of thioether (sulfide) groups is 1. The van der Waals surface area contributed by atoms with Crippen LogP contribution in [0.25, 0.3) is 6.08 Å². The molecule has 1 saturated heterocycles. The van der Waals surface area contributed by atoms with E-state index in [-0.39, 0.29) is 16.5 Å². The molecule has 1 aromatic rings. The molecule has 2 rings (SSSR count). The van der Waals surface area contributed by atoms with Gasteiger partial charge in [-0.2, -0.15) is 0 Å². The Kier molecular flexibility index (Phi) is 7.22. The molecule has 0 N–H and O–H groups in total. The number of halogens is 2.